The number of benzene rings is 3. The number of ether oxygens (including phenoxy) is 1. The zero-order valence-corrected chi connectivity index (χ0v) is 19.0. The molecule has 5 nitrogen and oxygen atoms in total. The van der Waals surface area contributed by atoms with Crippen LogP contribution in [-0.4, -0.2) is 19.1 Å². The smallest absolute Gasteiger partial charge is 0.246 e. The molecule has 4 unspecified atom stereocenters. The Kier molecular flexibility index (Phi) is 5.30. The van der Waals surface area contributed by atoms with Crippen molar-refractivity contribution in [3.8, 4) is 5.75 Å². The molecule has 158 valence electrons. The second-order valence-corrected chi connectivity index (χ2v) is 9.05. The van der Waals surface area contributed by atoms with Gasteiger partial charge in [0.1, 0.15) is 11.8 Å². The molecule has 31 heavy (non-hydrogen) atoms. The third-order valence-corrected chi connectivity index (χ3v) is 6.82. The Morgan fingerprint density at radius 1 is 0.903 bits per heavy atom. The maximum atomic E-state index is 13.6. The van der Waals surface area contributed by atoms with E-state index in [-0.39, 0.29) is 30.0 Å². The minimum atomic E-state index is -0.314. The van der Waals surface area contributed by atoms with Crippen molar-refractivity contribution in [2.75, 3.05) is 12.0 Å². The van der Waals surface area contributed by atoms with Crippen LogP contribution in [0.15, 0.2) is 77.3 Å². The summed E-state index contributed by atoms with van der Waals surface area (Å²) in [5.74, 6) is 0.882. The van der Waals surface area contributed by atoms with Crippen LogP contribution in [0.25, 0.3) is 0 Å². The topological polar surface area (TPSA) is 53.6 Å². The SMILES string of the molecule is COc1cccc(C2C3C(NNC3c3ccc(Br)cc3)C(=O)N2c2ccc(C)cc2)c1. The molecule has 4 atom stereocenters. The molecule has 2 fully saturated rings. The molecule has 0 aliphatic carbocycles. The predicted octanol–water partition coefficient (Wildman–Crippen LogP) is 4.69. The normalized spacial score (nSPS) is 25.0. The van der Waals surface area contributed by atoms with E-state index in [1.165, 1.54) is 5.56 Å². The van der Waals surface area contributed by atoms with E-state index in [9.17, 15) is 4.79 Å². The van der Waals surface area contributed by atoms with Crippen LogP contribution in [0.4, 0.5) is 5.69 Å². The fourth-order valence-corrected chi connectivity index (χ4v) is 5.04. The van der Waals surface area contributed by atoms with Gasteiger partial charge in [-0.3, -0.25) is 4.79 Å². The van der Waals surface area contributed by atoms with Crippen LogP contribution in [-0.2, 0) is 4.79 Å². The van der Waals surface area contributed by atoms with Gasteiger partial charge in [-0.2, -0.15) is 0 Å². The molecule has 0 radical (unpaired) electrons. The van der Waals surface area contributed by atoms with Crippen molar-refractivity contribution in [1.29, 1.82) is 0 Å². The molecule has 5 rings (SSSR count). The lowest BCUT2D eigenvalue weighted by Crippen LogP contribution is -2.41. The molecule has 2 N–H and O–H groups in total. The van der Waals surface area contributed by atoms with E-state index in [2.05, 4.69) is 64.0 Å². The summed E-state index contributed by atoms with van der Waals surface area (Å²) < 4.78 is 6.53. The number of carbonyl (C=O) groups is 1. The molecule has 2 aliphatic heterocycles. The molecular weight excluding hydrogens is 454 g/mol. The van der Waals surface area contributed by atoms with E-state index < -0.39 is 0 Å². The maximum Gasteiger partial charge on any atom is 0.246 e. The average Bonchev–Trinajstić information content (AvgIpc) is 3.34. The van der Waals surface area contributed by atoms with Crippen molar-refractivity contribution in [2.24, 2.45) is 5.92 Å². The molecule has 3 aromatic carbocycles. The number of nitrogens with zero attached hydrogens (tertiary/aromatic N) is 1. The van der Waals surface area contributed by atoms with Crippen LogP contribution in [0.3, 0.4) is 0 Å². The summed E-state index contributed by atoms with van der Waals surface area (Å²) in [5, 5.41) is 0. The third-order valence-electron chi connectivity index (χ3n) is 6.29. The lowest BCUT2D eigenvalue weighted by Gasteiger charge is -2.31. The summed E-state index contributed by atoms with van der Waals surface area (Å²) in [6.45, 7) is 2.05. The van der Waals surface area contributed by atoms with Crippen molar-refractivity contribution in [3.63, 3.8) is 0 Å². The van der Waals surface area contributed by atoms with Crippen molar-refractivity contribution in [2.45, 2.75) is 25.0 Å². The average molecular weight is 478 g/mol. The van der Waals surface area contributed by atoms with Gasteiger partial charge in [-0.15, -0.1) is 0 Å². The zero-order valence-electron chi connectivity index (χ0n) is 17.4. The Morgan fingerprint density at radius 3 is 2.32 bits per heavy atom. The maximum absolute atomic E-state index is 13.6. The Labute approximate surface area is 190 Å². The van der Waals surface area contributed by atoms with Crippen molar-refractivity contribution in [1.82, 2.24) is 10.9 Å². The Bertz CT molecular complexity index is 1100. The molecule has 2 saturated heterocycles. The fraction of sp³-hybridized carbons (Fsp3) is 0.240. The van der Waals surface area contributed by atoms with Crippen LogP contribution in [0.5, 0.6) is 5.75 Å². The Hall–Kier alpha value is -2.67. The van der Waals surface area contributed by atoms with Gasteiger partial charge in [0.15, 0.2) is 0 Å². The Morgan fingerprint density at radius 2 is 1.61 bits per heavy atom. The zero-order chi connectivity index (χ0) is 21.5. The van der Waals surface area contributed by atoms with Crippen molar-refractivity contribution >= 4 is 27.5 Å². The first kappa shape index (κ1) is 20.2. The number of nitrogens with one attached hydrogen (secondary N) is 2. The summed E-state index contributed by atoms with van der Waals surface area (Å²) in [4.78, 5) is 15.6. The van der Waals surface area contributed by atoms with Crippen LogP contribution in [0.1, 0.15) is 28.8 Å². The molecule has 1 amide bonds. The van der Waals surface area contributed by atoms with E-state index in [0.29, 0.717) is 0 Å². The second-order valence-electron chi connectivity index (χ2n) is 8.14. The summed E-state index contributed by atoms with van der Waals surface area (Å²) >= 11 is 3.52. The highest BCUT2D eigenvalue weighted by atomic mass is 79.9. The van der Waals surface area contributed by atoms with Crippen molar-refractivity contribution < 1.29 is 9.53 Å². The number of anilines is 1. The van der Waals surface area contributed by atoms with Gasteiger partial charge in [-0.25, -0.2) is 10.9 Å². The molecule has 6 heteroatoms. The second kappa shape index (κ2) is 8.11. The number of hydrogen-bond donors (Lipinski definition) is 2. The minimum absolute atomic E-state index is 0.00583. The first-order valence-corrected chi connectivity index (χ1v) is 11.2. The van der Waals surface area contributed by atoms with E-state index in [1.807, 2.05) is 47.4 Å². The van der Waals surface area contributed by atoms with Crippen LogP contribution in [0, 0.1) is 12.8 Å². The number of methoxy groups -OCH3 is 1. The highest BCUT2D eigenvalue weighted by Crippen LogP contribution is 2.49. The molecular formula is C25H24BrN3O2. The van der Waals surface area contributed by atoms with Gasteiger partial charge >= 0.3 is 0 Å². The van der Waals surface area contributed by atoms with E-state index in [0.717, 1.165) is 27.0 Å². The van der Waals surface area contributed by atoms with Crippen LogP contribution >= 0.6 is 15.9 Å². The quantitative estimate of drug-likeness (QED) is 0.572. The third kappa shape index (κ3) is 3.55. The molecule has 0 aromatic heterocycles. The first-order valence-electron chi connectivity index (χ1n) is 10.4. The number of hydrogen-bond acceptors (Lipinski definition) is 4. The van der Waals surface area contributed by atoms with E-state index in [1.54, 1.807) is 7.11 Å². The lowest BCUT2D eigenvalue weighted by atomic mass is 9.83. The molecule has 0 saturated carbocycles. The molecule has 3 aromatic rings. The monoisotopic (exact) mass is 477 g/mol. The van der Waals surface area contributed by atoms with Gasteiger partial charge in [0.25, 0.3) is 0 Å². The van der Waals surface area contributed by atoms with Gasteiger partial charge < -0.3 is 9.64 Å². The number of halogens is 1. The number of fused-ring (bicyclic) bond motifs is 1. The molecule has 0 bridgehead atoms. The summed E-state index contributed by atoms with van der Waals surface area (Å²) in [6.07, 6.45) is 0. The van der Waals surface area contributed by atoms with Gasteiger partial charge in [-0.05, 0) is 54.4 Å². The van der Waals surface area contributed by atoms with Gasteiger partial charge in [-0.1, -0.05) is 57.9 Å². The minimum Gasteiger partial charge on any atom is -0.497 e. The standard InChI is InChI=1S/C25H24BrN3O2/c1-15-6-12-19(13-7-15)29-24(17-4-3-5-20(14-17)31-2)21-22(27-28-23(21)25(29)30)16-8-10-18(26)11-9-16/h3-14,21-24,27-28H,1-2H3. The van der Waals surface area contributed by atoms with Crippen LogP contribution < -0.4 is 20.5 Å². The summed E-state index contributed by atoms with van der Waals surface area (Å²) in [6, 6.07) is 24.1. The molecule has 2 aliphatic rings. The number of hydrazine groups is 1. The van der Waals surface area contributed by atoms with Gasteiger partial charge in [0, 0.05) is 16.1 Å². The summed E-state index contributed by atoms with van der Waals surface area (Å²) in [5.41, 5.74) is 11.0. The lowest BCUT2D eigenvalue weighted by molar-refractivity contribution is -0.119. The van der Waals surface area contributed by atoms with E-state index in [4.69, 9.17) is 4.74 Å². The fourth-order valence-electron chi connectivity index (χ4n) is 4.78. The van der Waals surface area contributed by atoms with Crippen LogP contribution in [0.2, 0.25) is 0 Å². The van der Waals surface area contributed by atoms with Gasteiger partial charge in [0.05, 0.1) is 19.2 Å². The summed E-state index contributed by atoms with van der Waals surface area (Å²) in [7, 11) is 1.67. The molecule has 2 heterocycles. The van der Waals surface area contributed by atoms with Gasteiger partial charge in [0.2, 0.25) is 5.91 Å². The predicted molar refractivity (Wildman–Crippen MR) is 125 cm³/mol. The first-order chi connectivity index (χ1) is 15.1. The number of aryl methyl sites for hydroxylation is 1. The largest absolute Gasteiger partial charge is 0.497 e. The molecule has 0 spiro atoms. The Balaban J connectivity index is 1.63. The highest BCUT2D eigenvalue weighted by Gasteiger charge is 2.56. The number of amides is 1. The highest BCUT2D eigenvalue weighted by molar-refractivity contribution is 9.10. The number of carbonyl (C=O) groups excluding carboxylic acids is 1. The van der Waals surface area contributed by atoms with E-state index >= 15 is 0 Å². The van der Waals surface area contributed by atoms with Crippen molar-refractivity contribution in [3.05, 3.63) is 94.0 Å². The number of rotatable bonds is 4.